The summed E-state index contributed by atoms with van der Waals surface area (Å²) in [4.78, 5) is 15.5. The first-order valence-corrected chi connectivity index (χ1v) is 17.2. The van der Waals surface area contributed by atoms with E-state index in [1.807, 2.05) is 0 Å². The number of ether oxygens (including phenoxy) is 1. The summed E-state index contributed by atoms with van der Waals surface area (Å²) in [6.07, 6.45) is 6.37. The van der Waals surface area contributed by atoms with Gasteiger partial charge in [0.15, 0.2) is 6.04 Å². The Bertz CT molecular complexity index is 1490. The van der Waals surface area contributed by atoms with Crippen LogP contribution in [0.5, 0.6) is 0 Å². The minimum atomic E-state index is -4.47. The highest BCUT2D eigenvalue weighted by molar-refractivity contribution is 7.91. The number of sulfonamides is 1. The van der Waals surface area contributed by atoms with E-state index in [2.05, 4.69) is 4.72 Å². The standard InChI is InChI=1S/C31H36ClF2N3O4S2/c32-24-12-8-22(9-13-24)21-6-10-23(11-7-21)31(33,34)29(30(38)37-18-16-25(35)17-19-37)36-43(39,40)28-15-14-27(42-28)20-41-26-4-2-1-3-5-26/h6-15,25-26,29,36H,1-5,16-20,35H2/t29-/m0/s1. The second kappa shape index (κ2) is 13.7. The van der Waals surface area contributed by atoms with Crippen LogP contribution in [-0.4, -0.2) is 50.5 Å². The molecule has 2 aromatic carbocycles. The molecule has 1 saturated heterocycles. The van der Waals surface area contributed by atoms with E-state index < -0.39 is 33.5 Å². The third-order valence-electron chi connectivity index (χ3n) is 8.10. The number of nitrogens with one attached hydrogen (secondary N) is 1. The van der Waals surface area contributed by atoms with Gasteiger partial charge in [-0.15, -0.1) is 11.3 Å². The van der Waals surface area contributed by atoms with Crippen molar-refractivity contribution < 1.29 is 26.7 Å². The maximum Gasteiger partial charge on any atom is 0.298 e. The fourth-order valence-electron chi connectivity index (χ4n) is 5.50. The quantitative estimate of drug-likeness (QED) is 0.268. The monoisotopic (exact) mass is 651 g/mol. The molecule has 1 amide bonds. The molecule has 0 spiro atoms. The fourth-order valence-corrected chi connectivity index (χ4v) is 8.11. The van der Waals surface area contributed by atoms with Gasteiger partial charge in [0.1, 0.15) is 4.21 Å². The van der Waals surface area contributed by atoms with Crippen LogP contribution < -0.4 is 10.5 Å². The molecule has 0 unspecified atom stereocenters. The van der Waals surface area contributed by atoms with E-state index in [4.69, 9.17) is 22.1 Å². The van der Waals surface area contributed by atoms with Crippen molar-refractivity contribution in [3.8, 4) is 11.1 Å². The second-order valence-corrected chi connectivity index (χ2v) is 14.8. The third kappa shape index (κ3) is 7.82. The normalized spacial score (nSPS) is 18.1. The highest BCUT2D eigenvalue weighted by Gasteiger charge is 2.50. The average Bonchev–Trinajstić information content (AvgIpc) is 3.50. The van der Waals surface area contributed by atoms with Gasteiger partial charge < -0.3 is 15.4 Å². The summed E-state index contributed by atoms with van der Waals surface area (Å²) in [6, 6.07) is 12.9. The topological polar surface area (TPSA) is 102 Å². The van der Waals surface area contributed by atoms with E-state index in [1.165, 1.54) is 41.7 Å². The van der Waals surface area contributed by atoms with Crippen molar-refractivity contribution in [2.75, 3.05) is 13.1 Å². The number of benzene rings is 2. The molecule has 0 radical (unpaired) electrons. The van der Waals surface area contributed by atoms with Gasteiger partial charge in [-0.25, -0.2) is 8.42 Å². The molecule has 2 aliphatic rings. The molecule has 1 saturated carbocycles. The smallest absolute Gasteiger partial charge is 0.298 e. The highest BCUT2D eigenvalue weighted by atomic mass is 35.5. The van der Waals surface area contributed by atoms with Crippen molar-refractivity contribution in [2.24, 2.45) is 5.73 Å². The summed E-state index contributed by atoms with van der Waals surface area (Å²) in [5.74, 6) is -4.84. The zero-order valence-electron chi connectivity index (χ0n) is 23.7. The van der Waals surface area contributed by atoms with Crippen molar-refractivity contribution in [3.63, 3.8) is 0 Å². The van der Waals surface area contributed by atoms with Crippen LogP contribution in [0.3, 0.4) is 0 Å². The van der Waals surface area contributed by atoms with Crippen LogP contribution in [0.25, 0.3) is 11.1 Å². The average molecular weight is 652 g/mol. The lowest BCUT2D eigenvalue weighted by Gasteiger charge is -2.35. The van der Waals surface area contributed by atoms with Gasteiger partial charge in [-0.1, -0.05) is 67.3 Å². The van der Waals surface area contributed by atoms with E-state index in [9.17, 15) is 13.2 Å². The van der Waals surface area contributed by atoms with Gasteiger partial charge in [0.05, 0.1) is 12.7 Å². The Morgan fingerprint density at radius 3 is 2.21 bits per heavy atom. The van der Waals surface area contributed by atoms with Crippen LogP contribution in [0, 0.1) is 0 Å². The molecular formula is C31H36ClF2N3O4S2. The third-order valence-corrected chi connectivity index (χ3v) is 11.3. The second-order valence-electron chi connectivity index (χ2n) is 11.2. The van der Waals surface area contributed by atoms with Gasteiger partial charge >= 0.3 is 0 Å². The SMILES string of the molecule is NC1CCN(C(=O)[C@H](NS(=O)(=O)c2ccc(COC3CCCCC3)s2)C(F)(F)c2ccc(-c3ccc(Cl)cc3)cc2)CC1. The van der Waals surface area contributed by atoms with Crippen molar-refractivity contribution in [1.29, 1.82) is 0 Å². The number of amides is 1. The minimum Gasteiger partial charge on any atom is -0.373 e. The molecule has 7 nitrogen and oxygen atoms in total. The Morgan fingerprint density at radius 1 is 0.977 bits per heavy atom. The van der Waals surface area contributed by atoms with E-state index in [-0.39, 0.29) is 36.1 Å². The largest absolute Gasteiger partial charge is 0.373 e. The summed E-state index contributed by atoms with van der Waals surface area (Å²) in [7, 11) is -4.47. The summed E-state index contributed by atoms with van der Waals surface area (Å²) in [6.45, 7) is 0.592. The Hall–Kier alpha value is -2.41. The number of piperidine rings is 1. The van der Waals surface area contributed by atoms with Gasteiger partial charge in [-0.2, -0.15) is 13.5 Å². The number of nitrogens with two attached hydrogens (primary N) is 1. The predicted octanol–water partition coefficient (Wildman–Crippen LogP) is 6.31. The molecule has 232 valence electrons. The number of carbonyl (C=O) groups excluding carboxylic acids is 1. The van der Waals surface area contributed by atoms with Gasteiger partial charge in [-0.05, 0) is 61.1 Å². The molecule has 2 fully saturated rings. The number of halogens is 3. The molecule has 1 aliphatic heterocycles. The Balaban J connectivity index is 1.38. The molecule has 2 heterocycles. The van der Waals surface area contributed by atoms with E-state index in [0.717, 1.165) is 42.6 Å². The van der Waals surface area contributed by atoms with Crippen LogP contribution in [-0.2, 0) is 32.1 Å². The lowest BCUT2D eigenvalue weighted by atomic mass is 9.96. The number of rotatable bonds is 10. The predicted molar refractivity (Wildman–Crippen MR) is 165 cm³/mol. The lowest BCUT2D eigenvalue weighted by molar-refractivity contribution is -0.145. The maximum atomic E-state index is 16.2. The number of alkyl halides is 2. The van der Waals surface area contributed by atoms with Gasteiger partial charge in [0.25, 0.3) is 15.9 Å². The summed E-state index contributed by atoms with van der Waals surface area (Å²) >= 11 is 6.92. The van der Waals surface area contributed by atoms with Crippen molar-refractivity contribution in [3.05, 3.63) is 76.1 Å². The first kappa shape index (κ1) is 32.0. The first-order valence-electron chi connectivity index (χ1n) is 14.5. The highest BCUT2D eigenvalue weighted by Crippen LogP contribution is 2.36. The molecule has 12 heteroatoms. The first-order chi connectivity index (χ1) is 20.5. The molecule has 1 aliphatic carbocycles. The fraction of sp³-hybridized carbons (Fsp3) is 0.452. The number of hydrogen-bond acceptors (Lipinski definition) is 6. The summed E-state index contributed by atoms with van der Waals surface area (Å²) in [5, 5.41) is 0.550. The number of thiophene rings is 1. The summed E-state index contributed by atoms with van der Waals surface area (Å²) in [5.41, 5.74) is 6.93. The van der Waals surface area contributed by atoms with E-state index in [1.54, 1.807) is 30.3 Å². The maximum absolute atomic E-state index is 16.2. The number of likely N-dealkylation sites (tertiary alicyclic amines) is 1. The van der Waals surface area contributed by atoms with Gasteiger partial charge in [0.2, 0.25) is 5.91 Å². The minimum absolute atomic E-state index is 0.137. The van der Waals surface area contributed by atoms with Crippen LogP contribution in [0.1, 0.15) is 55.4 Å². The zero-order valence-corrected chi connectivity index (χ0v) is 26.1. The Morgan fingerprint density at radius 2 is 1.58 bits per heavy atom. The van der Waals surface area contributed by atoms with Crippen molar-refractivity contribution in [2.45, 2.75) is 79.9 Å². The molecule has 1 atom stereocenters. The van der Waals surface area contributed by atoms with Crippen molar-refractivity contribution >= 4 is 38.9 Å². The molecule has 43 heavy (non-hydrogen) atoms. The molecule has 1 aromatic heterocycles. The zero-order chi connectivity index (χ0) is 30.6. The summed E-state index contributed by atoms with van der Waals surface area (Å²) < 4.78 is 67.3. The molecular weight excluding hydrogens is 616 g/mol. The van der Waals surface area contributed by atoms with E-state index in [0.29, 0.717) is 28.3 Å². The molecule has 3 aromatic rings. The van der Waals surface area contributed by atoms with Gasteiger partial charge in [0, 0.05) is 34.6 Å². The molecule has 5 rings (SSSR count). The number of carbonyl (C=O) groups is 1. The van der Waals surface area contributed by atoms with Crippen LogP contribution in [0.2, 0.25) is 5.02 Å². The van der Waals surface area contributed by atoms with E-state index >= 15 is 8.78 Å². The van der Waals surface area contributed by atoms with Crippen LogP contribution in [0.4, 0.5) is 8.78 Å². The number of nitrogens with zero attached hydrogens (tertiary/aromatic N) is 1. The Kier molecular flexibility index (Phi) is 10.2. The van der Waals surface area contributed by atoms with Crippen LogP contribution in [0.15, 0.2) is 64.9 Å². The molecule has 3 N–H and O–H groups in total. The Labute approximate surface area is 260 Å². The lowest BCUT2D eigenvalue weighted by Crippen LogP contribution is -2.57. The van der Waals surface area contributed by atoms with Crippen molar-refractivity contribution in [1.82, 2.24) is 9.62 Å². The van der Waals surface area contributed by atoms with Gasteiger partial charge in [-0.3, -0.25) is 4.79 Å². The molecule has 0 bridgehead atoms. The van der Waals surface area contributed by atoms with Crippen LogP contribution >= 0.6 is 22.9 Å². The number of hydrogen-bond donors (Lipinski definition) is 2.